The van der Waals surface area contributed by atoms with E-state index in [0.717, 1.165) is 6.42 Å². The van der Waals surface area contributed by atoms with Crippen LogP contribution in [0.3, 0.4) is 0 Å². The molecule has 1 saturated carbocycles. The van der Waals surface area contributed by atoms with Gasteiger partial charge in [0.1, 0.15) is 0 Å². The second kappa shape index (κ2) is 6.25. The molecule has 0 aromatic rings. The van der Waals surface area contributed by atoms with E-state index in [1.165, 1.54) is 12.8 Å². The summed E-state index contributed by atoms with van der Waals surface area (Å²) in [5.41, 5.74) is -4.09. The first-order valence-corrected chi connectivity index (χ1v) is 7.27. The third-order valence-corrected chi connectivity index (χ3v) is 4.43. The summed E-state index contributed by atoms with van der Waals surface area (Å²) in [4.78, 5) is 0. The van der Waals surface area contributed by atoms with E-state index in [2.05, 4.69) is 11.6 Å². The molecule has 1 nitrogen and oxygen atoms in total. The third-order valence-electron chi connectivity index (χ3n) is 2.53. The van der Waals surface area contributed by atoms with E-state index in [0.29, 0.717) is 17.8 Å². The fourth-order valence-electron chi connectivity index (χ4n) is 1.85. The number of alkyl halides is 3. The van der Waals surface area contributed by atoms with Gasteiger partial charge in [-0.2, -0.15) is 24.9 Å². The lowest BCUT2D eigenvalue weighted by Gasteiger charge is -2.19. The van der Waals surface area contributed by atoms with E-state index < -0.39 is 5.51 Å². The normalized spacial score (nSPS) is 27.2. The molecule has 2 atom stereocenters. The van der Waals surface area contributed by atoms with Gasteiger partial charge in [0.25, 0.3) is 0 Å². The minimum Gasteiger partial charge on any atom is -0.312 e. The van der Waals surface area contributed by atoms with Crippen molar-refractivity contribution in [2.45, 2.75) is 36.1 Å². The molecule has 2 unspecified atom stereocenters. The Labute approximate surface area is 96.9 Å². The lowest BCUT2D eigenvalue weighted by atomic mass is 10.2. The van der Waals surface area contributed by atoms with Crippen molar-refractivity contribution in [1.29, 1.82) is 0 Å². The molecule has 1 fully saturated rings. The molecule has 6 heteroatoms. The smallest absolute Gasteiger partial charge is 0.312 e. The number of hydrogen-bond acceptors (Lipinski definition) is 3. The highest BCUT2D eigenvalue weighted by atomic mass is 32.2. The van der Waals surface area contributed by atoms with E-state index in [-0.39, 0.29) is 17.5 Å². The largest absolute Gasteiger partial charge is 0.441 e. The molecule has 1 aliphatic carbocycles. The van der Waals surface area contributed by atoms with Crippen LogP contribution in [0.15, 0.2) is 0 Å². The lowest BCUT2D eigenvalue weighted by molar-refractivity contribution is -0.0327. The molecule has 90 valence electrons. The predicted octanol–water partition coefficient (Wildman–Crippen LogP) is 3.11. The summed E-state index contributed by atoms with van der Waals surface area (Å²) in [7, 11) is 0. The van der Waals surface area contributed by atoms with E-state index in [1.54, 1.807) is 0 Å². The van der Waals surface area contributed by atoms with Crippen molar-refractivity contribution in [2.24, 2.45) is 0 Å². The summed E-state index contributed by atoms with van der Waals surface area (Å²) >= 11 is 1.87. The van der Waals surface area contributed by atoms with Crippen molar-refractivity contribution in [1.82, 2.24) is 5.32 Å². The Bertz CT molecular complexity index is 187. The lowest BCUT2D eigenvalue weighted by Crippen LogP contribution is -2.35. The minimum atomic E-state index is -4.09. The molecule has 0 aliphatic heterocycles. The Morgan fingerprint density at radius 2 is 2.07 bits per heavy atom. The van der Waals surface area contributed by atoms with Gasteiger partial charge in [0, 0.05) is 23.6 Å². The molecule has 15 heavy (non-hydrogen) atoms. The summed E-state index contributed by atoms with van der Waals surface area (Å²) in [5, 5.41) is 3.80. The van der Waals surface area contributed by atoms with Crippen LogP contribution in [-0.2, 0) is 0 Å². The molecule has 1 aliphatic rings. The topological polar surface area (TPSA) is 12.0 Å². The molecular formula is C9H16F3NS2. The predicted molar refractivity (Wildman–Crippen MR) is 61.5 cm³/mol. The van der Waals surface area contributed by atoms with Crippen molar-refractivity contribution >= 4 is 23.5 Å². The van der Waals surface area contributed by atoms with Crippen LogP contribution in [0.2, 0.25) is 0 Å². The van der Waals surface area contributed by atoms with Gasteiger partial charge in [0.2, 0.25) is 0 Å². The maximum atomic E-state index is 11.8. The van der Waals surface area contributed by atoms with Crippen LogP contribution in [-0.4, -0.2) is 35.4 Å². The molecule has 0 bridgehead atoms. The van der Waals surface area contributed by atoms with Gasteiger partial charge < -0.3 is 5.32 Å². The fraction of sp³-hybridized carbons (Fsp3) is 1.00. The average Bonchev–Trinajstić information content (AvgIpc) is 2.58. The van der Waals surface area contributed by atoms with Crippen LogP contribution in [0.25, 0.3) is 0 Å². The SMILES string of the molecule is CSC1CCCC1NCCSC(F)(F)F. The van der Waals surface area contributed by atoms with Crippen LogP contribution in [0, 0.1) is 0 Å². The molecule has 0 spiro atoms. The zero-order valence-electron chi connectivity index (χ0n) is 8.64. The Morgan fingerprint density at radius 1 is 1.33 bits per heavy atom. The van der Waals surface area contributed by atoms with Gasteiger partial charge in [-0.05, 0) is 30.9 Å². The molecule has 0 saturated heterocycles. The standard InChI is InChI=1S/C9H16F3NS2/c1-14-8-4-2-3-7(8)13-5-6-15-9(10,11)12/h7-8,13H,2-6H2,1H3. The first kappa shape index (κ1) is 13.5. The van der Waals surface area contributed by atoms with Gasteiger partial charge in [0.05, 0.1) is 0 Å². The summed E-state index contributed by atoms with van der Waals surface area (Å²) < 4.78 is 35.5. The fourth-order valence-corrected chi connectivity index (χ4v) is 3.27. The maximum Gasteiger partial charge on any atom is 0.441 e. The van der Waals surface area contributed by atoms with Gasteiger partial charge in [-0.3, -0.25) is 0 Å². The Morgan fingerprint density at radius 3 is 2.67 bits per heavy atom. The number of halogens is 3. The van der Waals surface area contributed by atoms with Crippen molar-refractivity contribution in [3.05, 3.63) is 0 Å². The minimum absolute atomic E-state index is 0.0565. The Hall–Kier alpha value is 0.450. The Balaban J connectivity index is 2.09. The number of rotatable bonds is 5. The van der Waals surface area contributed by atoms with E-state index in [1.807, 2.05) is 11.8 Å². The van der Waals surface area contributed by atoms with Gasteiger partial charge in [-0.15, -0.1) is 0 Å². The van der Waals surface area contributed by atoms with Crippen molar-refractivity contribution < 1.29 is 13.2 Å². The van der Waals surface area contributed by atoms with Gasteiger partial charge in [-0.1, -0.05) is 6.42 Å². The van der Waals surface area contributed by atoms with Gasteiger partial charge in [-0.25, -0.2) is 0 Å². The molecule has 0 aromatic heterocycles. The highest BCUT2D eigenvalue weighted by molar-refractivity contribution is 8.00. The molecule has 0 heterocycles. The first-order valence-electron chi connectivity index (χ1n) is 5.00. The molecule has 1 rings (SSSR count). The monoisotopic (exact) mass is 259 g/mol. The molecule has 0 amide bonds. The van der Waals surface area contributed by atoms with Crippen molar-refractivity contribution in [2.75, 3.05) is 18.6 Å². The van der Waals surface area contributed by atoms with Crippen LogP contribution in [0.1, 0.15) is 19.3 Å². The highest BCUT2D eigenvalue weighted by Gasteiger charge is 2.29. The highest BCUT2D eigenvalue weighted by Crippen LogP contribution is 2.30. The van der Waals surface area contributed by atoms with Gasteiger partial charge in [0.15, 0.2) is 0 Å². The molecular weight excluding hydrogens is 243 g/mol. The number of hydrogen-bond donors (Lipinski definition) is 1. The van der Waals surface area contributed by atoms with E-state index in [9.17, 15) is 13.2 Å². The summed E-state index contributed by atoms with van der Waals surface area (Å²) in [5.74, 6) is 0.112. The van der Waals surface area contributed by atoms with E-state index >= 15 is 0 Å². The van der Waals surface area contributed by atoms with E-state index in [4.69, 9.17) is 0 Å². The van der Waals surface area contributed by atoms with Crippen LogP contribution < -0.4 is 5.32 Å². The number of nitrogens with one attached hydrogen (secondary N) is 1. The number of thioether (sulfide) groups is 2. The zero-order chi connectivity index (χ0) is 11.3. The maximum absolute atomic E-state index is 11.8. The molecule has 0 radical (unpaired) electrons. The second-order valence-electron chi connectivity index (χ2n) is 3.56. The molecule has 1 N–H and O–H groups in total. The van der Waals surface area contributed by atoms with Crippen molar-refractivity contribution in [3.63, 3.8) is 0 Å². The molecule has 0 aromatic carbocycles. The van der Waals surface area contributed by atoms with Crippen LogP contribution in [0.4, 0.5) is 13.2 Å². The van der Waals surface area contributed by atoms with Crippen LogP contribution in [0.5, 0.6) is 0 Å². The summed E-state index contributed by atoms with van der Waals surface area (Å²) in [6.07, 6.45) is 5.54. The quantitative estimate of drug-likeness (QED) is 0.762. The second-order valence-corrected chi connectivity index (χ2v) is 5.80. The first-order chi connectivity index (χ1) is 7.03. The Kier molecular flexibility index (Phi) is 5.63. The summed E-state index contributed by atoms with van der Waals surface area (Å²) in [6.45, 7) is 0.450. The summed E-state index contributed by atoms with van der Waals surface area (Å²) in [6, 6.07) is 0.411. The third kappa shape index (κ3) is 5.36. The van der Waals surface area contributed by atoms with Crippen LogP contribution >= 0.6 is 23.5 Å². The average molecular weight is 259 g/mol. The van der Waals surface area contributed by atoms with Gasteiger partial charge >= 0.3 is 5.51 Å². The zero-order valence-corrected chi connectivity index (χ0v) is 10.3. The van der Waals surface area contributed by atoms with Crippen molar-refractivity contribution in [3.8, 4) is 0 Å².